The zero-order valence-corrected chi connectivity index (χ0v) is 12.7. The van der Waals surface area contributed by atoms with Crippen molar-refractivity contribution >= 4 is 16.0 Å². The van der Waals surface area contributed by atoms with Crippen LogP contribution in [-0.2, 0) is 22.9 Å². The molecule has 1 N–H and O–H groups in total. The third-order valence-corrected chi connectivity index (χ3v) is 4.98. The molecule has 0 spiro atoms. The highest BCUT2D eigenvalue weighted by atomic mass is 32.2. The average molecular weight is 303 g/mol. The van der Waals surface area contributed by atoms with Gasteiger partial charge in [0.05, 0.1) is 4.90 Å². The normalized spacial score (nSPS) is 14.5. The van der Waals surface area contributed by atoms with Gasteiger partial charge in [-0.25, -0.2) is 23.1 Å². The molecular weight excluding hydrogens is 286 g/mol. The third kappa shape index (κ3) is 3.05. The molecule has 0 unspecified atom stereocenters. The monoisotopic (exact) mass is 303 g/mol. The number of benzene rings is 1. The number of anilines is 1. The van der Waals surface area contributed by atoms with Crippen molar-refractivity contribution in [3.8, 4) is 0 Å². The fourth-order valence-electron chi connectivity index (χ4n) is 2.55. The molecule has 3 rings (SSSR count). The Bertz CT molecular complexity index is 772. The van der Waals surface area contributed by atoms with Crippen LogP contribution in [0.3, 0.4) is 0 Å². The van der Waals surface area contributed by atoms with Gasteiger partial charge in [0.15, 0.2) is 0 Å². The molecule has 0 radical (unpaired) electrons. The maximum absolute atomic E-state index is 12.4. The number of nitrogens with one attached hydrogen (secondary N) is 1. The van der Waals surface area contributed by atoms with E-state index in [0.717, 1.165) is 24.8 Å². The van der Waals surface area contributed by atoms with E-state index >= 15 is 0 Å². The standard InChI is InChI=1S/C15H17N3O2S/c1-11-8-9-16-15(17-11)18-21(19,20)14-7-6-12-4-2-3-5-13(12)10-14/h6-10H,2-5H2,1H3,(H,16,17,18). The summed E-state index contributed by atoms with van der Waals surface area (Å²) in [5.74, 6) is 0.104. The van der Waals surface area contributed by atoms with Crippen molar-refractivity contribution in [2.24, 2.45) is 0 Å². The SMILES string of the molecule is Cc1ccnc(NS(=O)(=O)c2ccc3c(c2)CCCC3)n1. The van der Waals surface area contributed by atoms with E-state index in [2.05, 4.69) is 14.7 Å². The second-order valence-electron chi connectivity index (χ2n) is 5.26. The van der Waals surface area contributed by atoms with E-state index in [1.54, 1.807) is 25.1 Å². The molecule has 1 aliphatic carbocycles. The van der Waals surface area contributed by atoms with Crippen LogP contribution in [-0.4, -0.2) is 18.4 Å². The highest BCUT2D eigenvalue weighted by molar-refractivity contribution is 7.92. The van der Waals surface area contributed by atoms with Crippen molar-refractivity contribution in [3.63, 3.8) is 0 Å². The van der Waals surface area contributed by atoms with Gasteiger partial charge in [0.2, 0.25) is 5.95 Å². The van der Waals surface area contributed by atoms with Crippen molar-refractivity contribution in [1.29, 1.82) is 0 Å². The lowest BCUT2D eigenvalue weighted by Crippen LogP contribution is -2.16. The molecule has 2 aromatic rings. The molecule has 1 aromatic carbocycles. The fraction of sp³-hybridized carbons (Fsp3) is 0.333. The Morgan fingerprint density at radius 2 is 1.86 bits per heavy atom. The largest absolute Gasteiger partial charge is 0.264 e. The topological polar surface area (TPSA) is 72.0 Å². The minimum Gasteiger partial charge on any atom is -0.247 e. The van der Waals surface area contributed by atoms with Crippen LogP contribution in [0.2, 0.25) is 0 Å². The van der Waals surface area contributed by atoms with Crippen LogP contribution in [0, 0.1) is 6.92 Å². The molecule has 0 aliphatic heterocycles. The first kappa shape index (κ1) is 14.0. The number of fused-ring (bicyclic) bond motifs is 1. The van der Waals surface area contributed by atoms with Gasteiger partial charge in [0, 0.05) is 11.9 Å². The summed E-state index contributed by atoms with van der Waals surface area (Å²) >= 11 is 0. The van der Waals surface area contributed by atoms with E-state index in [0.29, 0.717) is 5.69 Å². The Morgan fingerprint density at radius 1 is 1.10 bits per heavy atom. The summed E-state index contributed by atoms with van der Waals surface area (Å²) in [4.78, 5) is 8.28. The Hall–Kier alpha value is -1.95. The fourth-order valence-corrected chi connectivity index (χ4v) is 3.56. The summed E-state index contributed by atoms with van der Waals surface area (Å²) in [6.45, 7) is 1.79. The van der Waals surface area contributed by atoms with E-state index in [-0.39, 0.29) is 10.8 Å². The van der Waals surface area contributed by atoms with Crippen LogP contribution in [0.5, 0.6) is 0 Å². The molecule has 0 saturated carbocycles. The van der Waals surface area contributed by atoms with Crippen LogP contribution in [0.15, 0.2) is 35.4 Å². The quantitative estimate of drug-likeness (QED) is 0.945. The van der Waals surface area contributed by atoms with E-state index in [4.69, 9.17) is 0 Å². The van der Waals surface area contributed by atoms with Gasteiger partial charge in [0.1, 0.15) is 0 Å². The molecule has 0 fully saturated rings. The zero-order valence-electron chi connectivity index (χ0n) is 11.8. The minimum atomic E-state index is -3.64. The summed E-state index contributed by atoms with van der Waals surface area (Å²) in [6, 6.07) is 7.06. The van der Waals surface area contributed by atoms with Gasteiger partial charge in [-0.15, -0.1) is 0 Å². The van der Waals surface area contributed by atoms with Gasteiger partial charge in [-0.3, -0.25) is 0 Å². The first-order chi connectivity index (χ1) is 10.0. The number of rotatable bonds is 3. The molecule has 0 amide bonds. The van der Waals surface area contributed by atoms with Crippen molar-refractivity contribution in [2.75, 3.05) is 4.72 Å². The second-order valence-corrected chi connectivity index (χ2v) is 6.95. The molecule has 0 bridgehead atoms. The molecule has 5 nitrogen and oxygen atoms in total. The van der Waals surface area contributed by atoms with Crippen molar-refractivity contribution in [2.45, 2.75) is 37.5 Å². The summed E-state index contributed by atoms with van der Waals surface area (Å²) < 4.78 is 27.2. The first-order valence-electron chi connectivity index (χ1n) is 6.99. The Kier molecular flexibility index (Phi) is 3.63. The van der Waals surface area contributed by atoms with Crippen LogP contribution in [0.1, 0.15) is 29.7 Å². The van der Waals surface area contributed by atoms with Crippen molar-refractivity contribution < 1.29 is 8.42 Å². The molecule has 1 heterocycles. The molecular formula is C15H17N3O2S. The maximum Gasteiger partial charge on any atom is 0.264 e. The number of hydrogen-bond acceptors (Lipinski definition) is 4. The van der Waals surface area contributed by atoms with Gasteiger partial charge in [0.25, 0.3) is 10.0 Å². The third-order valence-electron chi connectivity index (χ3n) is 3.65. The molecule has 1 aliphatic rings. The summed E-state index contributed by atoms with van der Waals surface area (Å²) in [6.07, 6.45) is 5.80. The Balaban J connectivity index is 1.91. The summed E-state index contributed by atoms with van der Waals surface area (Å²) in [5.41, 5.74) is 3.11. The Labute approximate surface area is 124 Å². The van der Waals surface area contributed by atoms with E-state index in [9.17, 15) is 8.42 Å². The number of nitrogens with zero attached hydrogens (tertiary/aromatic N) is 2. The summed E-state index contributed by atoms with van der Waals surface area (Å²) in [5, 5.41) is 0. The smallest absolute Gasteiger partial charge is 0.247 e. The van der Waals surface area contributed by atoms with Crippen molar-refractivity contribution in [1.82, 2.24) is 9.97 Å². The van der Waals surface area contributed by atoms with Gasteiger partial charge < -0.3 is 0 Å². The van der Waals surface area contributed by atoms with E-state index < -0.39 is 10.0 Å². The lowest BCUT2D eigenvalue weighted by Gasteiger charge is -2.16. The predicted molar refractivity (Wildman–Crippen MR) is 80.7 cm³/mol. The van der Waals surface area contributed by atoms with Crippen LogP contribution in [0.25, 0.3) is 0 Å². The molecule has 0 atom stereocenters. The molecule has 0 saturated heterocycles. The van der Waals surface area contributed by atoms with Gasteiger partial charge in [-0.05, 0) is 61.9 Å². The van der Waals surface area contributed by atoms with Crippen LogP contribution >= 0.6 is 0 Å². The maximum atomic E-state index is 12.4. The van der Waals surface area contributed by atoms with Crippen molar-refractivity contribution in [3.05, 3.63) is 47.3 Å². The number of aromatic nitrogens is 2. The van der Waals surface area contributed by atoms with Gasteiger partial charge in [-0.2, -0.15) is 0 Å². The summed E-state index contributed by atoms with van der Waals surface area (Å²) in [7, 11) is -3.64. The van der Waals surface area contributed by atoms with E-state index in [1.807, 2.05) is 6.07 Å². The second kappa shape index (κ2) is 5.44. The van der Waals surface area contributed by atoms with Crippen LogP contribution < -0.4 is 4.72 Å². The highest BCUT2D eigenvalue weighted by Gasteiger charge is 2.18. The van der Waals surface area contributed by atoms with Gasteiger partial charge in [-0.1, -0.05) is 6.07 Å². The van der Waals surface area contributed by atoms with E-state index in [1.165, 1.54) is 18.2 Å². The highest BCUT2D eigenvalue weighted by Crippen LogP contribution is 2.24. The lowest BCUT2D eigenvalue weighted by atomic mass is 9.92. The number of aryl methyl sites for hydroxylation is 3. The zero-order chi connectivity index (χ0) is 14.9. The molecule has 6 heteroatoms. The Morgan fingerprint density at radius 3 is 2.62 bits per heavy atom. The lowest BCUT2D eigenvalue weighted by molar-refractivity contribution is 0.600. The van der Waals surface area contributed by atoms with Crippen LogP contribution in [0.4, 0.5) is 5.95 Å². The molecule has 110 valence electrons. The molecule has 21 heavy (non-hydrogen) atoms. The predicted octanol–water partition coefficient (Wildman–Crippen LogP) is 2.46. The number of hydrogen-bond donors (Lipinski definition) is 1. The molecule has 1 aromatic heterocycles. The first-order valence-corrected chi connectivity index (χ1v) is 8.47. The minimum absolute atomic E-state index is 0.104. The average Bonchev–Trinajstić information content (AvgIpc) is 2.46. The van der Waals surface area contributed by atoms with Gasteiger partial charge >= 0.3 is 0 Å². The number of sulfonamides is 1.